The largest absolute Gasteiger partial charge is 0.344 e. The number of anilines is 1. The number of nitrogens with one attached hydrogen (secondary N) is 1. The number of unbranched alkanes of at least 4 members (excludes halogenated alkanes) is 1. The van der Waals surface area contributed by atoms with E-state index in [2.05, 4.69) is 54.1 Å². The van der Waals surface area contributed by atoms with Crippen LogP contribution in [0, 0.1) is 0 Å². The predicted molar refractivity (Wildman–Crippen MR) is 148 cm³/mol. The van der Waals surface area contributed by atoms with Gasteiger partial charge in [-0.15, -0.1) is 0 Å². The maximum Gasteiger partial charge on any atom is 0.159 e. The third kappa shape index (κ3) is 9.60. The first-order valence-electron chi connectivity index (χ1n) is 11.5. The SMILES string of the molecule is C=C/C=C(\N=C(C)Nc1ccc(C(C)=O)cc1)c1ccc(Cl)cc1.CCCCc1ccccc1. The number of amidine groups is 1. The molecule has 0 aromatic heterocycles. The Bertz CT molecular complexity index is 1100. The number of rotatable bonds is 8. The summed E-state index contributed by atoms with van der Waals surface area (Å²) in [5, 5.41) is 3.90. The van der Waals surface area contributed by atoms with E-state index in [1.54, 1.807) is 25.1 Å². The Balaban J connectivity index is 0.000000340. The first-order chi connectivity index (χ1) is 16.4. The Hall–Kier alpha value is -3.43. The van der Waals surface area contributed by atoms with E-state index in [1.165, 1.54) is 24.8 Å². The summed E-state index contributed by atoms with van der Waals surface area (Å²) < 4.78 is 0. The highest BCUT2D eigenvalue weighted by atomic mass is 35.5. The van der Waals surface area contributed by atoms with Crippen LogP contribution in [-0.4, -0.2) is 11.6 Å². The second-order valence-corrected chi connectivity index (χ2v) is 8.28. The minimum absolute atomic E-state index is 0.0471. The van der Waals surface area contributed by atoms with E-state index >= 15 is 0 Å². The normalized spacial score (nSPS) is 11.3. The first-order valence-corrected chi connectivity index (χ1v) is 11.9. The van der Waals surface area contributed by atoms with Crippen LogP contribution in [0.25, 0.3) is 5.70 Å². The van der Waals surface area contributed by atoms with Gasteiger partial charge in [0, 0.05) is 21.8 Å². The molecule has 0 radical (unpaired) electrons. The van der Waals surface area contributed by atoms with E-state index in [0.29, 0.717) is 10.6 Å². The van der Waals surface area contributed by atoms with Crippen molar-refractivity contribution < 1.29 is 4.79 Å². The van der Waals surface area contributed by atoms with Gasteiger partial charge in [-0.3, -0.25) is 4.79 Å². The lowest BCUT2D eigenvalue weighted by Gasteiger charge is -2.08. The van der Waals surface area contributed by atoms with Gasteiger partial charge in [0.25, 0.3) is 0 Å². The number of hydrogen-bond donors (Lipinski definition) is 1. The fourth-order valence-electron chi connectivity index (χ4n) is 3.16. The maximum atomic E-state index is 11.3. The van der Waals surface area contributed by atoms with Crippen LogP contribution >= 0.6 is 11.6 Å². The highest BCUT2D eigenvalue weighted by Crippen LogP contribution is 2.20. The summed E-state index contributed by atoms with van der Waals surface area (Å²) in [6.07, 6.45) is 7.37. The van der Waals surface area contributed by atoms with Gasteiger partial charge in [-0.2, -0.15) is 0 Å². The Morgan fingerprint density at radius 2 is 1.56 bits per heavy atom. The lowest BCUT2D eigenvalue weighted by atomic mass is 10.1. The number of benzene rings is 3. The van der Waals surface area contributed by atoms with Gasteiger partial charge in [-0.1, -0.05) is 80.1 Å². The number of ketones is 1. The quantitative estimate of drug-likeness (QED) is 0.154. The van der Waals surface area contributed by atoms with Gasteiger partial charge in [-0.05, 0) is 74.7 Å². The second-order valence-electron chi connectivity index (χ2n) is 7.84. The van der Waals surface area contributed by atoms with Crippen molar-refractivity contribution in [2.75, 3.05) is 5.32 Å². The standard InChI is InChI=1S/C20H19ClN2O.C10H14/c1-4-5-20(17-6-10-18(21)11-7-17)23-15(3)22-19-12-8-16(9-13-19)14(2)24;1-2-3-7-10-8-5-4-6-9-10/h4-13H,1H2,2-3H3,(H,22,23);4-6,8-9H,2-3,7H2,1H3/b20-5-;. The molecular weight excluding hydrogens is 440 g/mol. The molecule has 3 aromatic rings. The molecule has 3 rings (SSSR count). The average Bonchev–Trinajstić information content (AvgIpc) is 2.84. The highest BCUT2D eigenvalue weighted by molar-refractivity contribution is 6.30. The molecule has 4 heteroatoms. The van der Waals surface area contributed by atoms with Crippen LogP contribution in [-0.2, 0) is 6.42 Å². The number of nitrogens with zero attached hydrogens (tertiary/aromatic N) is 1. The first kappa shape index (κ1) is 26.8. The summed E-state index contributed by atoms with van der Waals surface area (Å²) in [5.74, 6) is 0.777. The third-order valence-corrected chi connectivity index (χ3v) is 5.23. The molecule has 3 aromatic carbocycles. The van der Waals surface area contributed by atoms with Crippen LogP contribution in [0.5, 0.6) is 0 Å². The summed E-state index contributed by atoms with van der Waals surface area (Å²) in [5.41, 5.74) is 4.75. The van der Waals surface area contributed by atoms with E-state index in [1.807, 2.05) is 49.4 Å². The van der Waals surface area contributed by atoms with Crippen LogP contribution in [0.1, 0.15) is 55.1 Å². The summed E-state index contributed by atoms with van der Waals surface area (Å²) in [4.78, 5) is 15.9. The van der Waals surface area contributed by atoms with Crippen molar-refractivity contribution in [1.82, 2.24) is 0 Å². The average molecular weight is 473 g/mol. The van der Waals surface area contributed by atoms with Crippen LogP contribution in [0.3, 0.4) is 0 Å². The minimum Gasteiger partial charge on any atom is -0.344 e. The second kappa shape index (κ2) is 14.7. The summed E-state index contributed by atoms with van der Waals surface area (Å²) in [6.45, 7) is 9.39. The number of allylic oxidation sites excluding steroid dienone is 2. The van der Waals surface area contributed by atoms with E-state index in [-0.39, 0.29) is 5.78 Å². The zero-order valence-corrected chi connectivity index (χ0v) is 21.0. The molecule has 0 bridgehead atoms. The number of halogens is 1. The maximum absolute atomic E-state index is 11.3. The van der Waals surface area contributed by atoms with Gasteiger partial charge in [0.05, 0.1) is 5.70 Å². The van der Waals surface area contributed by atoms with Gasteiger partial charge in [0.15, 0.2) is 5.78 Å². The number of aliphatic imine (C=N–C) groups is 1. The molecule has 0 aliphatic rings. The molecule has 0 spiro atoms. The number of hydrogen-bond acceptors (Lipinski definition) is 2. The zero-order chi connectivity index (χ0) is 24.8. The number of Topliss-reactive ketones (excluding diaryl/α,β-unsaturated/α-hetero) is 1. The van der Waals surface area contributed by atoms with Gasteiger partial charge < -0.3 is 5.32 Å². The van der Waals surface area contributed by atoms with E-state index < -0.39 is 0 Å². The molecular formula is C30H33ClN2O. The fourth-order valence-corrected chi connectivity index (χ4v) is 3.29. The topological polar surface area (TPSA) is 41.5 Å². The molecule has 0 saturated heterocycles. The fraction of sp³-hybridized carbons (Fsp3) is 0.200. The molecule has 0 aliphatic heterocycles. The van der Waals surface area contributed by atoms with Crippen molar-refractivity contribution in [1.29, 1.82) is 0 Å². The molecule has 0 amide bonds. The van der Waals surface area contributed by atoms with Crippen molar-refractivity contribution in [2.24, 2.45) is 4.99 Å². The van der Waals surface area contributed by atoms with E-state index in [9.17, 15) is 4.79 Å². The lowest BCUT2D eigenvalue weighted by Crippen LogP contribution is -2.07. The predicted octanol–water partition coefficient (Wildman–Crippen LogP) is 8.63. The number of carbonyl (C=O) groups is 1. The van der Waals surface area contributed by atoms with Crippen LogP contribution < -0.4 is 5.32 Å². The molecule has 0 heterocycles. The summed E-state index contributed by atoms with van der Waals surface area (Å²) in [7, 11) is 0. The van der Waals surface area contributed by atoms with Gasteiger partial charge in [0.1, 0.15) is 5.84 Å². The minimum atomic E-state index is 0.0471. The number of aryl methyl sites for hydroxylation is 1. The molecule has 176 valence electrons. The van der Waals surface area contributed by atoms with Crippen molar-refractivity contribution in [3.05, 3.63) is 119 Å². The Kier molecular flexibility index (Phi) is 11.6. The van der Waals surface area contributed by atoms with Gasteiger partial charge in [0.2, 0.25) is 0 Å². The van der Waals surface area contributed by atoms with Crippen LogP contribution in [0.2, 0.25) is 5.02 Å². The molecule has 0 atom stereocenters. The molecule has 1 N–H and O–H groups in total. The van der Waals surface area contributed by atoms with E-state index in [0.717, 1.165) is 22.8 Å². The third-order valence-electron chi connectivity index (χ3n) is 4.98. The van der Waals surface area contributed by atoms with Crippen molar-refractivity contribution >= 4 is 34.6 Å². The van der Waals surface area contributed by atoms with Crippen molar-refractivity contribution in [2.45, 2.75) is 40.0 Å². The summed E-state index contributed by atoms with van der Waals surface area (Å²) in [6, 6.07) is 25.4. The lowest BCUT2D eigenvalue weighted by molar-refractivity contribution is 0.101. The zero-order valence-electron chi connectivity index (χ0n) is 20.2. The van der Waals surface area contributed by atoms with Crippen LogP contribution in [0.15, 0.2) is 103 Å². The molecule has 0 fully saturated rings. The molecule has 34 heavy (non-hydrogen) atoms. The Labute approximate surface area is 208 Å². The molecule has 0 unspecified atom stereocenters. The summed E-state index contributed by atoms with van der Waals surface area (Å²) >= 11 is 5.93. The molecule has 0 aliphatic carbocycles. The van der Waals surface area contributed by atoms with Gasteiger partial charge in [-0.25, -0.2) is 4.99 Å². The van der Waals surface area contributed by atoms with Gasteiger partial charge >= 0.3 is 0 Å². The Morgan fingerprint density at radius 1 is 0.941 bits per heavy atom. The van der Waals surface area contributed by atoms with Crippen molar-refractivity contribution in [3.8, 4) is 0 Å². The monoisotopic (exact) mass is 472 g/mol. The molecule has 0 saturated carbocycles. The van der Waals surface area contributed by atoms with Crippen molar-refractivity contribution in [3.63, 3.8) is 0 Å². The Morgan fingerprint density at radius 3 is 2.12 bits per heavy atom. The smallest absolute Gasteiger partial charge is 0.159 e. The van der Waals surface area contributed by atoms with Crippen LogP contribution in [0.4, 0.5) is 5.69 Å². The molecule has 3 nitrogen and oxygen atoms in total. The highest BCUT2D eigenvalue weighted by Gasteiger charge is 2.03. The number of carbonyl (C=O) groups excluding carboxylic acids is 1. The van der Waals surface area contributed by atoms with E-state index in [4.69, 9.17) is 11.6 Å².